The van der Waals surface area contributed by atoms with E-state index in [2.05, 4.69) is 4.85 Å². The van der Waals surface area contributed by atoms with E-state index in [0.29, 0.717) is 40.1 Å². The molecular formula is C22H18N2O3. The molecule has 27 heavy (non-hydrogen) atoms. The first-order valence-corrected chi connectivity index (χ1v) is 8.52. The van der Waals surface area contributed by atoms with Crippen LogP contribution in [0, 0.1) is 6.57 Å². The van der Waals surface area contributed by atoms with Crippen LogP contribution in [0.25, 0.3) is 16.0 Å². The highest BCUT2D eigenvalue weighted by atomic mass is 16.4. The van der Waals surface area contributed by atoms with Crippen LogP contribution >= 0.6 is 0 Å². The number of carbonyl (C=O) groups excluding carboxylic acids is 1. The highest BCUT2D eigenvalue weighted by Gasteiger charge is 2.25. The number of hydrogen-bond donors (Lipinski definition) is 1. The highest BCUT2D eigenvalue weighted by Crippen LogP contribution is 2.39. The first-order chi connectivity index (χ1) is 13.0. The molecule has 0 aliphatic rings. The van der Waals surface area contributed by atoms with Crippen molar-refractivity contribution in [3.05, 3.63) is 88.5 Å². The molecule has 0 bridgehead atoms. The fourth-order valence-corrected chi connectivity index (χ4v) is 3.31. The number of carboxylic acids is 1. The Kier molecular flexibility index (Phi) is 4.91. The predicted octanol–water partition coefficient (Wildman–Crippen LogP) is 4.73. The molecule has 0 radical (unpaired) electrons. The smallest absolute Gasteiger partial charge is 0.351 e. The largest absolute Gasteiger partial charge is 0.477 e. The van der Waals surface area contributed by atoms with Crippen LogP contribution in [0.1, 0.15) is 39.0 Å². The number of ketones is 1. The molecule has 0 saturated carbocycles. The van der Waals surface area contributed by atoms with Gasteiger partial charge in [-0.15, -0.1) is 0 Å². The lowest BCUT2D eigenvalue weighted by atomic mass is 9.98. The molecule has 3 rings (SSSR count). The maximum atomic E-state index is 12.6. The van der Waals surface area contributed by atoms with E-state index < -0.39 is 5.97 Å². The van der Waals surface area contributed by atoms with Crippen LogP contribution < -0.4 is 0 Å². The summed E-state index contributed by atoms with van der Waals surface area (Å²) in [4.78, 5) is 27.9. The first-order valence-electron chi connectivity index (χ1n) is 8.52. The lowest BCUT2D eigenvalue weighted by Gasteiger charge is -2.06. The van der Waals surface area contributed by atoms with Gasteiger partial charge >= 0.3 is 5.97 Å². The Bertz CT molecular complexity index is 1060. The number of nitrogens with zero attached hydrogens (tertiary/aromatic N) is 2. The summed E-state index contributed by atoms with van der Waals surface area (Å²) >= 11 is 0. The molecule has 0 atom stereocenters. The van der Waals surface area contributed by atoms with Gasteiger partial charge in [-0.1, -0.05) is 61.5 Å². The second-order valence-corrected chi connectivity index (χ2v) is 6.12. The van der Waals surface area contributed by atoms with Gasteiger partial charge in [-0.2, -0.15) is 0 Å². The fourth-order valence-electron chi connectivity index (χ4n) is 3.31. The van der Waals surface area contributed by atoms with Gasteiger partial charge in [0.25, 0.3) is 0 Å². The predicted molar refractivity (Wildman–Crippen MR) is 103 cm³/mol. The normalized spacial score (nSPS) is 10.4. The van der Waals surface area contributed by atoms with Crippen molar-refractivity contribution >= 4 is 17.4 Å². The first kappa shape index (κ1) is 18.2. The second kappa shape index (κ2) is 7.30. The van der Waals surface area contributed by atoms with Crippen LogP contribution in [-0.2, 0) is 13.5 Å². The Morgan fingerprint density at radius 3 is 2.15 bits per heavy atom. The van der Waals surface area contributed by atoms with Gasteiger partial charge in [0.2, 0.25) is 5.69 Å². The van der Waals surface area contributed by atoms with E-state index in [1.165, 1.54) is 0 Å². The van der Waals surface area contributed by atoms with Gasteiger partial charge < -0.3 is 9.67 Å². The lowest BCUT2D eigenvalue weighted by Crippen LogP contribution is -2.07. The highest BCUT2D eigenvalue weighted by molar-refractivity contribution is 6.09. The number of benzene rings is 2. The van der Waals surface area contributed by atoms with Gasteiger partial charge in [0.05, 0.1) is 6.57 Å². The minimum Gasteiger partial charge on any atom is -0.477 e. The zero-order valence-corrected chi connectivity index (χ0v) is 15.1. The molecule has 5 nitrogen and oxygen atoms in total. The number of carboxylic acid groups (broad SMARTS) is 1. The van der Waals surface area contributed by atoms with Crippen molar-refractivity contribution in [1.29, 1.82) is 0 Å². The van der Waals surface area contributed by atoms with Gasteiger partial charge in [-0.25, -0.2) is 9.64 Å². The maximum Gasteiger partial charge on any atom is 0.351 e. The number of hydrogen-bond acceptors (Lipinski definition) is 2. The molecule has 1 heterocycles. The van der Waals surface area contributed by atoms with Crippen molar-refractivity contribution in [2.24, 2.45) is 7.05 Å². The van der Waals surface area contributed by atoms with Gasteiger partial charge in [-0.3, -0.25) is 4.79 Å². The van der Waals surface area contributed by atoms with Crippen molar-refractivity contribution in [3.8, 4) is 11.1 Å². The Morgan fingerprint density at radius 1 is 1.04 bits per heavy atom. The van der Waals surface area contributed by atoms with Crippen LogP contribution in [0.15, 0.2) is 54.6 Å². The minimum atomic E-state index is -1.08. The molecule has 5 heteroatoms. The summed E-state index contributed by atoms with van der Waals surface area (Å²) in [5.74, 6) is -1.19. The van der Waals surface area contributed by atoms with Crippen molar-refractivity contribution in [2.45, 2.75) is 13.3 Å². The molecule has 0 spiro atoms. The Morgan fingerprint density at radius 2 is 1.63 bits per heavy atom. The van der Waals surface area contributed by atoms with Crippen molar-refractivity contribution in [3.63, 3.8) is 0 Å². The zero-order valence-electron chi connectivity index (χ0n) is 15.1. The van der Waals surface area contributed by atoms with Crippen LogP contribution in [0.5, 0.6) is 0 Å². The van der Waals surface area contributed by atoms with Crippen LogP contribution in [-0.4, -0.2) is 21.4 Å². The number of carbonyl (C=O) groups is 2. The average molecular weight is 358 g/mol. The summed E-state index contributed by atoms with van der Waals surface area (Å²) in [6.45, 7) is 9.41. The van der Waals surface area contributed by atoms with E-state index in [4.69, 9.17) is 6.57 Å². The van der Waals surface area contributed by atoms with E-state index in [1.54, 1.807) is 60.1 Å². The molecule has 0 unspecified atom stereocenters. The van der Waals surface area contributed by atoms with E-state index in [1.807, 2.05) is 13.0 Å². The molecule has 134 valence electrons. The van der Waals surface area contributed by atoms with Gasteiger partial charge in [-0.05, 0) is 12.0 Å². The van der Waals surface area contributed by atoms with Crippen LogP contribution in [0.4, 0.5) is 5.69 Å². The summed E-state index contributed by atoms with van der Waals surface area (Å²) in [7, 11) is 1.66. The third-order valence-corrected chi connectivity index (χ3v) is 4.61. The molecule has 0 aliphatic heterocycles. The monoisotopic (exact) mass is 358 g/mol. The Balaban J connectivity index is 2.10. The van der Waals surface area contributed by atoms with E-state index >= 15 is 0 Å². The van der Waals surface area contributed by atoms with Crippen molar-refractivity contribution in [1.82, 2.24) is 4.57 Å². The number of aromatic nitrogens is 1. The molecule has 1 aromatic heterocycles. The summed E-state index contributed by atoms with van der Waals surface area (Å²) in [5.41, 5.74) is 3.22. The molecule has 0 saturated heterocycles. The van der Waals surface area contributed by atoms with Crippen LogP contribution in [0.3, 0.4) is 0 Å². The Hall–Kier alpha value is -3.65. The minimum absolute atomic E-state index is 0.0833. The summed E-state index contributed by atoms with van der Waals surface area (Å²) in [6, 6.07) is 15.7. The third-order valence-electron chi connectivity index (χ3n) is 4.61. The summed E-state index contributed by atoms with van der Waals surface area (Å²) < 4.78 is 1.56. The maximum absolute atomic E-state index is 12.6. The number of rotatable bonds is 5. The standard InChI is InChI=1S/C22H18N2O3/c1-4-17-19(23-2)18(20(22(26)27)24(17)3)14-10-12-16(13-11-14)21(25)15-8-6-5-7-9-15/h5-13H,4H2,1,3H3,(H,26,27). The molecule has 2 aromatic carbocycles. The van der Waals surface area contributed by atoms with E-state index in [-0.39, 0.29) is 11.5 Å². The summed E-state index contributed by atoms with van der Waals surface area (Å²) in [5, 5.41) is 9.65. The van der Waals surface area contributed by atoms with Crippen LogP contribution in [0.2, 0.25) is 0 Å². The molecule has 3 aromatic rings. The third kappa shape index (κ3) is 3.13. The lowest BCUT2D eigenvalue weighted by molar-refractivity contribution is 0.0687. The van der Waals surface area contributed by atoms with Gasteiger partial charge in [0, 0.05) is 29.4 Å². The molecule has 0 amide bonds. The molecule has 1 N–H and O–H groups in total. The molecule has 0 fully saturated rings. The van der Waals surface area contributed by atoms with Crippen molar-refractivity contribution in [2.75, 3.05) is 0 Å². The fraction of sp³-hybridized carbons (Fsp3) is 0.136. The van der Waals surface area contributed by atoms with Gasteiger partial charge in [0.15, 0.2) is 5.78 Å². The summed E-state index contributed by atoms with van der Waals surface area (Å²) in [6.07, 6.45) is 0.555. The van der Waals surface area contributed by atoms with E-state index in [0.717, 1.165) is 0 Å². The molecular weight excluding hydrogens is 340 g/mol. The van der Waals surface area contributed by atoms with E-state index in [9.17, 15) is 14.7 Å². The Labute approximate surface area is 157 Å². The number of aromatic carboxylic acids is 1. The average Bonchev–Trinajstić information content (AvgIpc) is 2.99. The van der Waals surface area contributed by atoms with Crippen molar-refractivity contribution < 1.29 is 14.7 Å². The van der Waals surface area contributed by atoms with Gasteiger partial charge in [0.1, 0.15) is 5.69 Å². The second-order valence-electron chi connectivity index (χ2n) is 6.12. The molecule has 0 aliphatic carbocycles. The zero-order chi connectivity index (χ0) is 19.6. The SMILES string of the molecule is [C-]#[N+]c1c(-c2ccc(C(=O)c3ccccc3)cc2)c(C(=O)O)n(C)c1CC. The quantitative estimate of drug-likeness (QED) is 0.529. The topological polar surface area (TPSA) is 63.7 Å².